The molecule has 192 valence electrons. The largest absolute Gasteiger partial charge is 0.493 e. The number of methoxy groups -OCH3 is 2. The molecular weight excluding hydrogens is 446 g/mol. The molecule has 3 heterocycles. The number of aromatic nitrogens is 2. The summed E-state index contributed by atoms with van der Waals surface area (Å²) < 4.78 is 16.1. The lowest BCUT2D eigenvalue weighted by Crippen LogP contribution is -2.41. The van der Waals surface area contributed by atoms with E-state index in [2.05, 4.69) is 32.2 Å². The van der Waals surface area contributed by atoms with Gasteiger partial charge in [-0.2, -0.15) is 4.98 Å². The second-order valence-corrected chi connectivity index (χ2v) is 9.80. The summed E-state index contributed by atoms with van der Waals surface area (Å²) in [6.07, 6.45) is 5.33. The number of likely N-dealkylation sites (tertiary alicyclic amines) is 2. The SMILES string of the molecule is COc1ccc(-c2noc(CN3CCC(C(=O)NCCCN4CCC(C)CC4)CC3)n2)cc1OC. The number of carbonyl (C=O) groups is 1. The van der Waals surface area contributed by atoms with Crippen LogP contribution in [0.25, 0.3) is 11.4 Å². The summed E-state index contributed by atoms with van der Waals surface area (Å²) in [6, 6.07) is 5.55. The van der Waals surface area contributed by atoms with Crippen molar-refractivity contribution in [1.29, 1.82) is 0 Å². The first kappa shape index (κ1) is 25.4. The van der Waals surface area contributed by atoms with Crippen molar-refractivity contribution in [1.82, 2.24) is 25.3 Å². The van der Waals surface area contributed by atoms with E-state index in [0.29, 0.717) is 29.8 Å². The fraction of sp³-hybridized carbons (Fsp3) is 0.654. The molecule has 1 amide bonds. The van der Waals surface area contributed by atoms with Gasteiger partial charge in [-0.3, -0.25) is 9.69 Å². The van der Waals surface area contributed by atoms with Crippen LogP contribution in [0, 0.1) is 11.8 Å². The van der Waals surface area contributed by atoms with Gasteiger partial charge in [-0.1, -0.05) is 12.1 Å². The van der Waals surface area contributed by atoms with E-state index in [9.17, 15) is 4.79 Å². The molecule has 0 atom stereocenters. The Bertz CT molecular complexity index is 949. The van der Waals surface area contributed by atoms with Crippen molar-refractivity contribution in [3.63, 3.8) is 0 Å². The number of rotatable bonds is 10. The molecule has 1 aromatic heterocycles. The Morgan fingerprint density at radius 1 is 1.06 bits per heavy atom. The van der Waals surface area contributed by atoms with Crippen molar-refractivity contribution in [3.05, 3.63) is 24.1 Å². The molecule has 2 aromatic rings. The molecule has 4 rings (SSSR count). The Kier molecular flexibility index (Phi) is 8.98. The van der Waals surface area contributed by atoms with E-state index in [-0.39, 0.29) is 11.8 Å². The number of ether oxygens (including phenoxy) is 2. The van der Waals surface area contributed by atoms with Crippen LogP contribution in [-0.2, 0) is 11.3 Å². The maximum Gasteiger partial charge on any atom is 0.241 e. The minimum atomic E-state index is 0.0899. The van der Waals surface area contributed by atoms with Crippen molar-refractivity contribution < 1.29 is 18.8 Å². The third kappa shape index (κ3) is 6.95. The summed E-state index contributed by atoms with van der Waals surface area (Å²) in [6.45, 7) is 8.86. The molecule has 35 heavy (non-hydrogen) atoms. The molecule has 2 fully saturated rings. The van der Waals surface area contributed by atoms with Crippen molar-refractivity contribution >= 4 is 5.91 Å². The van der Waals surface area contributed by atoms with Gasteiger partial charge in [-0.05, 0) is 88.9 Å². The molecule has 2 aliphatic rings. The maximum absolute atomic E-state index is 12.6. The van der Waals surface area contributed by atoms with E-state index in [1.807, 2.05) is 18.2 Å². The highest BCUT2D eigenvalue weighted by Gasteiger charge is 2.26. The monoisotopic (exact) mass is 485 g/mol. The normalized spacial score (nSPS) is 18.5. The van der Waals surface area contributed by atoms with Gasteiger partial charge in [-0.25, -0.2) is 0 Å². The highest BCUT2D eigenvalue weighted by molar-refractivity contribution is 5.78. The first-order valence-electron chi connectivity index (χ1n) is 12.8. The summed E-state index contributed by atoms with van der Waals surface area (Å²) in [5.74, 6) is 3.52. The summed E-state index contributed by atoms with van der Waals surface area (Å²) in [5, 5.41) is 7.29. The third-order valence-corrected chi connectivity index (χ3v) is 7.25. The van der Waals surface area contributed by atoms with E-state index in [4.69, 9.17) is 14.0 Å². The van der Waals surface area contributed by atoms with Gasteiger partial charge >= 0.3 is 0 Å². The van der Waals surface area contributed by atoms with Crippen LogP contribution >= 0.6 is 0 Å². The van der Waals surface area contributed by atoms with Gasteiger partial charge in [-0.15, -0.1) is 0 Å². The molecule has 0 bridgehead atoms. The zero-order valence-electron chi connectivity index (χ0n) is 21.3. The van der Waals surface area contributed by atoms with Gasteiger partial charge in [0.05, 0.1) is 20.8 Å². The van der Waals surface area contributed by atoms with Crippen LogP contribution in [0.15, 0.2) is 22.7 Å². The highest BCUT2D eigenvalue weighted by Crippen LogP contribution is 2.31. The van der Waals surface area contributed by atoms with Gasteiger partial charge in [0.25, 0.3) is 0 Å². The Morgan fingerprint density at radius 3 is 2.49 bits per heavy atom. The standard InChI is InChI=1S/C26H39N5O4/c1-19-7-13-30(14-8-19)12-4-11-27-26(32)20-9-15-31(16-10-20)18-24-28-25(29-35-24)21-5-6-22(33-2)23(17-21)34-3/h5-6,17,19-20H,4,7-16,18H2,1-3H3,(H,27,32). The second kappa shape index (κ2) is 12.4. The predicted molar refractivity (Wildman–Crippen MR) is 133 cm³/mol. The van der Waals surface area contributed by atoms with Gasteiger partial charge in [0, 0.05) is 18.0 Å². The number of piperidine rings is 2. The number of nitrogens with zero attached hydrogens (tertiary/aromatic N) is 4. The zero-order chi connectivity index (χ0) is 24.6. The van der Waals surface area contributed by atoms with E-state index in [0.717, 1.165) is 56.9 Å². The number of amides is 1. The Balaban J connectivity index is 1.17. The van der Waals surface area contributed by atoms with Crippen LogP contribution in [0.3, 0.4) is 0 Å². The first-order valence-corrected chi connectivity index (χ1v) is 12.8. The quantitative estimate of drug-likeness (QED) is 0.513. The number of nitrogens with one attached hydrogen (secondary N) is 1. The molecule has 2 saturated heterocycles. The molecular formula is C26H39N5O4. The molecule has 9 heteroatoms. The van der Waals surface area contributed by atoms with Crippen molar-refractivity contribution in [2.24, 2.45) is 11.8 Å². The van der Waals surface area contributed by atoms with Crippen molar-refractivity contribution in [3.8, 4) is 22.9 Å². The first-order chi connectivity index (χ1) is 17.1. The molecule has 1 aromatic carbocycles. The van der Waals surface area contributed by atoms with Gasteiger partial charge in [0.1, 0.15) is 0 Å². The Labute approximate surface area is 208 Å². The molecule has 0 saturated carbocycles. The summed E-state index contributed by atoms with van der Waals surface area (Å²) in [4.78, 5) is 22.0. The van der Waals surface area contributed by atoms with Gasteiger partial charge in [0.2, 0.25) is 17.6 Å². The van der Waals surface area contributed by atoms with Crippen LogP contribution in [-0.4, -0.2) is 79.3 Å². The second-order valence-electron chi connectivity index (χ2n) is 9.80. The van der Waals surface area contributed by atoms with Crippen LogP contribution < -0.4 is 14.8 Å². The number of hydrogen-bond donors (Lipinski definition) is 1. The molecule has 0 radical (unpaired) electrons. The summed E-state index contributed by atoms with van der Waals surface area (Å²) >= 11 is 0. The Hall–Kier alpha value is -2.65. The van der Waals surface area contributed by atoms with E-state index < -0.39 is 0 Å². The average molecular weight is 486 g/mol. The maximum atomic E-state index is 12.6. The third-order valence-electron chi connectivity index (χ3n) is 7.25. The zero-order valence-corrected chi connectivity index (χ0v) is 21.3. The predicted octanol–water partition coefficient (Wildman–Crippen LogP) is 3.20. The minimum Gasteiger partial charge on any atom is -0.493 e. The molecule has 9 nitrogen and oxygen atoms in total. The number of carbonyl (C=O) groups excluding carboxylic acids is 1. The van der Waals surface area contributed by atoms with E-state index in [1.54, 1.807) is 14.2 Å². The fourth-order valence-electron chi connectivity index (χ4n) is 4.90. The van der Waals surface area contributed by atoms with Crippen molar-refractivity contribution in [2.75, 3.05) is 53.5 Å². The van der Waals surface area contributed by atoms with Gasteiger partial charge in [0.15, 0.2) is 11.5 Å². The minimum absolute atomic E-state index is 0.0899. The van der Waals surface area contributed by atoms with Crippen LogP contribution in [0.1, 0.15) is 44.9 Å². The molecule has 0 aliphatic carbocycles. The molecule has 0 unspecified atom stereocenters. The van der Waals surface area contributed by atoms with E-state index in [1.165, 1.54) is 25.9 Å². The lowest BCUT2D eigenvalue weighted by Gasteiger charge is -2.31. The highest BCUT2D eigenvalue weighted by atomic mass is 16.5. The van der Waals surface area contributed by atoms with Crippen LogP contribution in [0.4, 0.5) is 0 Å². The smallest absolute Gasteiger partial charge is 0.241 e. The molecule has 0 spiro atoms. The molecule has 2 aliphatic heterocycles. The van der Waals surface area contributed by atoms with Crippen LogP contribution in [0.2, 0.25) is 0 Å². The average Bonchev–Trinajstić information content (AvgIpc) is 3.36. The lowest BCUT2D eigenvalue weighted by atomic mass is 9.96. The summed E-state index contributed by atoms with van der Waals surface area (Å²) in [5.41, 5.74) is 0.808. The van der Waals surface area contributed by atoms with E-state index >= 15 is 0 Å². The number of benzene rings is 1. The molecule has 1 N–H and O–H groups in total. The topological polar surface area (TPSA) is 93.0 Å². The van der Waals surface area contributed by atoms with Gasteiger partial charge < -0.3 is 24.2 Å². The Morgan fingerprint density at radius 2 is 1.77 bits per heavy atom. The van der Waals surface area contributed by atoms with Crippen molar-refractivity contribution in [2.45, 2.75) is 45.6 Å². The summed E-state index contributed by atoms with van der Waals surface area (Å²) in [7, 11) is 3.21. The number of hydrogen-bond acceptors (Lipinski definition) is 8. The van der Waals surface area contributed by atoms with Crippen LogP contribution in [0.5, 0.6) is 11.5 Å². The lowest BCUT2D eigenvalue weighted by molar-refractivity contribution is -0.126. The fourth-order valence-corrected chi connectivity index (χ4v) is 4.90.